The molecule has 0 radical (unpaired) electrons. The van der Waals surface area contributed by atoms with Gasteiger partial charge >= 0.3 is 0 Å². The lowest BCUT2D eigenvalue weighted by Crippen LogP contribution is -2.30. The van der Waals surface area contributed by atoms with Crippen molar-refractivity contribution in [3.05, 3.63) is 35.4 Å². The number of rotatable bonds is 3. The second kappa shape index (κ2) is 5.99. The van der Waals surface area contributed by atoms with E-state index in [0.29, 0.717) is 16.2 Å². The van der Waals surface area contributed by atoms with E-state index in [9.17, 15) is 0 Å². The molecule has 2 rings (SSSR count). The first-order chi connectivity index (χ1) is 8.92. The Morgan fingerprint density at radius 1 is 1.05 bits per heavy atom. The maximum Gasteiger partial charge on any atom is 0.0428 e. The van der Waals surface area contributed by atoms with Crippen molar-refractivity contribution < 1.29 is 0 Å². The number of halogens is 1. The van der Waals surface area contributed by atoms with Gasteiger partial charge in [-0.05, 0) is 41.2 Å². The van der Waals surface area contributed by atoms with E-state index in [-0.39, 0.29) is 0 Å². The molecule has 0 saturated heterocycles. The van der Waals surface area contributed by atoms with Crippen LogP contribution in [0.15, 0.2) is 24.3 Å². The van der Waals surface area contributed by atoms with Gasteiger partial charge in [-0.2, -0.15) is 0 Å². The van der Waals surface area contributed by atoms with Gasteiger partial charge in [-0.25, -0.2) is 0 Å². The zero-order valence-electron chi connectivity index (χ0n) is 12.7. The molecule has 19 heavy (non-hydrogen) atoms. The predicted octanol–water partition coefficient (Wildman–Crippen LogP) is 6.46. The van der Waals surface area contributed by atoms with Gasteiger partial charge in [-0.15, -0.1) is 0 Å². The summed E-state index contributed by atoms with van der Waals surface area (Å²) < 4.78 is 0. The molecule has 0 heterocycles. The summed E-state index contributed by atoms with van der Waals surface area (Å²) in [5.74, 6) is 1.38. The Morgan fingerprint density at radius 3 is 2.16 bits per heavy atom. The van der Waals surface area contributed by atoms with Crippen molar-refractivity contribution in [3.63, 3.8) is 0 Å². The van der Waals surface area contributed by atoms with Crippen LogP contribution < -0.4 is 0 Å². The quantitative estimate of drug-likeness (QED) is 0.560. The maximum absolute atomic E-state index is 3.98. The van der Waals surface area contributed by atoms with Crippen LogP contribution in [0.1, 0.15) is 75.3 Å². The Balaban J connectivity index is 2.16. The fourth-order valence-corrected chi connectivity index (χ4v) is 4.65. The monoisotopic (exact) mass is 322 g/mol. The summed E-state index contributed by atoms with van der Waals surface area (Å²) in [6.45, 7) is 9.39. The van der Waals surface area contributed by atoms with E-state index in [1.54, 1.807) is 0 Å². The minimum Gasteiger partial charge on any atom is -0.0836 e. The molecular weight excluding hydrogens is 296 g/mol. The average molecular weight is 323 g/mol. The minimum atomic E-state index is 0.461. The van der Waals surface area contributed by atoms with Crippen LogP contribution in [0.5, 0.6) is 0 Å². The molecular formula is C18H27Br. The van der Waals surface area contributed by atoms with Crippen LogP contribution in [0, 0.1) is 11.3 Å². The van der Waals surface area contributed by atoms with Crippen LogP contribution in [-0.2, 0) is 0 Å². The van der Waals surface area contributed by atoms with Gasteiger partial charge in [0.1, 0.15) is 0 Å². The van der Waals surface area contributed by atoms with Gasteiger partial charge in [0, 0.05) is 4.83 Å². The highest BCUT2D eigenvalue weighted by atomic mass is 79.9. The van der Waals surface area contributed by atoms with Gasteiger partial charge < -0.3 is 0 Å². The van der Waals surface area contributed by atoms with Crippen molar-refractivity contribution >= 4 is 15.9 Å². The first-order valence-electron chi connectivity index (χ1n) is 7.66. The molecule has 1 heteroatoms. The summed E-state index contributed by atoms with van der Waals surface area (Å²) in [5, 5.41) is 0. The third-order valence-electron chi connectivity index (χ3n) is 4.86. The molecule has 0 nitrogen and oxygen atoms in total. The summed E-state index contributed by atoms with van der Waals surface area (Å²) in [5.41, 5.74) is 3.35. The Hall–Kier alpha value is -0.300. The van der Waals surface area contributed by atoms with Gasteiger partial charge in [0.05, 0.1) is 0 Å². The van der Waals surface area contributed by atoms with Crippen LogP contribution in [0.4, 0.5) is 0 Å². The Labute approximate surface area is 127 Å². The summed E-state index contributed by atoms with van der Waals surface area (Å²) in [6.07, 6.45) is 5.51. The third kappa shape index (κ3) is 3.42. The zero-order valence-corrected chi connectivity index (χ0v) is 14.3. The van der Waals surface area contributed by atoms with Crippen LogP contribution in [-0.4, -0.2) is 0 Å². The first kappa shape index (κ1) is 15.1. The van der Waals surface area contributed by atoms with E-state index < -0.39 is 0 Å². The van der Waals surface area contributed by atoms with Crippen LogP contribution in [0.25, 0.3) is 0 Å². The third-order valence-corrected chi connectivity index (χ3v) is 6.03. The molecule has 0 amide bonds. The van der Waals surface area contributed by atoms with E-state index in [4.69, 9.17) is 0 Å². The fourth-order valence-electron chi connectivity index (χ4n) is 3.36. The van der Waals surface area contributed by atoms with Crippen molar-refractivity contribution in [2.24, 2.45) is 11.3 Å². The highest BCUT2D eigenvalue weighted by Crippen LogP contribution is 2.50. The SMILES string of the molecule is CC(C)c1ccc(C(Br)C2CCCCC2(C)C)cc1. The second-order valence-electron chi connectivity index (χ2n) is 7.06. The molecule has 2 unspecified atom stereocenters. The smallest absolute Gasteiger partial charge is 0.0428 e. The van der Waals surface area contributed by atoms with Gasteiger partial charge in [0.2, 0.25) is 0 Å². The topological polar surface area (TPSA) is 0 Å². The lowest BCUT2D eigenvalue weighted by molar-refractivity contribution is 0.136. The van der Waals surface area contributed by atoms with E-state index in [1.165, 1.54) is 36.8 Å². The predicted molar refractivity (Wildman–Crippen MR) is 87.9 cm³/mol. The van der Waals surface area contributed by atoms with Crippen LogP contribution in [0.3, 0.4) is 0 Å². The molecule has 1 aromatic carbocycles. The average Bonchev–Trinajstić information content (AvgIpc) is 2.37. The molecule has 1 aliphatic rings. The standard InChI is InChI=1S/C18H27Br/c1-13(2)14-8-10-15(11-9-14)17(19)16-7-5-6-12-18(16,3)4/h8-11,13,16-17H,5-7,12H2,1-4H3. The Kier molecular flexibility index (Phi) is 4.76. The summed E-state index contributed by atoms with van der Waals surface area (Å²) in [4.78, 5) is 0.504. The van der Waals surface area contributed by atoms with Crippen molar-refractivity contribution in [3.8, 4) is 0 Å². The first-order valence-corrected chi connectivity index (χ1v) is 8.57. The van der Waals surface area contributed by atoms with Crippen molar-refractivity contribution in [1.29, 1.82) is 0 Å². The van der Waals surface area contributed by atoms with Crippen molar-refractivity contribution in [2.75, 3.05) is 0 Å². The lowest BCUT2D eigenvalue weighted by Gasteiger charge is -2.41. The summed E-state index contributed by atoms with van der Waals surface area (Å²) in [6, 6.07) is 9.23. The molecule has 0 aromatic heterocycles. The van der Waals surface area contributed by atoms with Gasteiger partial charge in [-0.1, -0.05) is 80.7 Å². The number of benzene rings is 1. The Bertz CT molecular complexity index is 402. The molecule has 0 aliphatic heterocycles. The molecule has 1 fully saturated rings. The normalized spacial score (nSPS) is 24.4. The lowest BCUT2D eigenvalue weighted by atomic mass is 9.67. The summed E-state index contributed by atoms with van der Waals surface area (Å²) >= 11 is 3.98. The van der Waals surface area contributed by atoms with Crippen LogP contribution >= 0.6 is 15.9 Å². The highest BCUT2D eigenvalue weighted by Gasteiger charge is 2.36. The van der Waals surface area contributed by atoms with E-state index >= 15 is 0 Å². The van der Waals surface area contributed by atoms with Gasteiger partial charge in [0.15, 0.2) is 0 Å². The largest absolute Gasteiger partial charge is 0.0836 e. The molecule has 0 N–H and O–H groups in total. The van der Waals surface area contributed by atoms with Crippen LogP contribution in [0.2, 0.25) is 0 Å². The molecule has 1 saturated carbocycles. The number of hydrogen-bond acceptors (Lipinski definition) is 0. The van der Waals surface area contributed by atoms with Gasteiger partial charge in [-0.3, -0.25) is 0 Å². The van der Waals surface area contributed by atoms with E-state index in [0.717, 1.165) is 5.92 Å². The molecule has 1 aliphatic carbocycles. The minimum absolute atomic E-state index is 0.461. The number of alkyl halides is 1. The highest BCUT2D eigenvalue weighted by molar-refractivity contribution is 9.09. The van der Waals surface area contributed by atoms with Crippen molar-refractivity contribution in [2.45, 2.75) is 64.1 Å². The van der Waals surface area contributed by atoms with Gasteiger partial charge in [0.25, 0.3) is 0 Å². The number of hydrogen-bond donors (Lipinski definition) is 0. The zero-order chi connectivity index (χ0) is 14.0. The molecule has 2 atom stereocenters. The molecule has 0 spiro atoms. The van der Waals surface area contributed by atoms with Crippen molar-refractivity contribution in [1.82, 2.24) is 0 Å². The molecule has 1 aromatic rings. The van der Waals surface area contributed by atoms with E-state index in [2.05, 4.69) is 67.9 Å². The maximum atomic E-state index is 3.98. The molecule has 106 valence electrons. The molecule has 0 bridgehead atoms. The second-order valence-corrected chi connectivity index (χ2v) is 8.05. The van der Waals surface area contributed by atoms with E-state index in [1.807, 2.05) is 0 Å². The Morgan fingerprint density at radius 2 is 1.63 bits per heavy atom. The fraction of sp³-hybridized carbons (Fsp3) is 0.667. The summed E-state index contributed by atoms with van der Waals surface area (Å²) in [7, 11) is 0.